The Hall–Kier alpha value is -2.86. The molecule has 0 bridgehead atoms. The standard InChI is InChI=1S/C23H23ClFNO4/c1-3-4-5-12-26-20(14-6-8-15(24)9-7-14)19(22(28)23(26)29)21(27)17-13-16(25)10-11-18(17)30-2/h6-11,13,20,27H,3-5,12H2,1-2H3/b21-19+. The van der Waals surface area contributed by atoms with Gasteiger partial charge in [-0.15, -0.1) is 0 Å². The van der Waals surface area contributed by atoms with E-state index in [0.717, 1.165) is 25.3 Å². The molecule has 0 radical (unpaired) electrons. The molecular formula is C23H23ClFNO4. The number of likely N-dealkylation sites (tertiary alicyclic amines) is 1. The summed E-state index contributed by atoms with van der Waals surface area (Å²) in [5, 5.41) is 11.5. The molecule has 1 unspecified atom stereocenters. The fourth-order valence-electron chi connectivity index (χ4n) is 3.64. The number of halogens is 2. The maximum atomic E-state index is 13.9. The van der Waals surface area contributed by atoms with Gasteiger partial charge in [0.25, 0.3) is 11.7 Å². The topological polar surface area (TPSA) is 66.8 Å². The molecular weight excluding hydrogens is 409 g/mol. The Morgan fingerprint density at radius 1 is 1.17 bits per heavy atom. The Morgan fingerprint density at radius 3 is 2.50 bits per heavy atom. The normalized spacial score (nSPS) is 18.1. The first-order valence-corrected chi connectivity index (χ1v) is 10.1. The fourth-order valence-corrected chi connectivity index (χ4v) is 3.77. The van der Waals surface area contributed by atoms with E-state index in [1.165, 1.54) is 24.1 Å². The highest BCUT2D eigenvalue weighted by atomic mass is 35.5. The summed E-state index contributed by atoms with van der Waals surface area (Å²) >= 11 is 6.00. The van der Waals surface area contributed by atoms with E-state index in [4.69, 9.17) is 16.3 Å². The second kappa shape index (κ2) is 9.30. The number of carbonyl (C=O) groups excluding carboxylic acids is 2. The van der Waals surface area contributed by atoms with Gasteiger partial charge in [-0.25, -0.2) is 4.39 Å². The molecule has 1 aliphatic heterocycles. The molecule has 1 saturated heterocycles. The first-order valence-electron chi connectivity index (χ1n) is 9.76. The van der Waals surface area contributed by atoms with E-state index in [1.807, 2.05) is 6.92 Å². The van der Waals surface area contributed by atoms with E-state index in [-0.39, 0.29) is 16.9 Å². The lowest BCUT2D eigenvalue weighted by Gasteiger charge is -2.25. The van der Waals surface area contributed by atoms with Gasteiger partial charge in [0.2, 0.25) is 0 Å². The second-order valence-electron chi connectivity index (χ2n) is 7.10. The molecule has 1 aliphatic rings. The van der Waals surface area contributed by atoms with E-state index in [9.17, 15) is 19.1 Å². The van der Waals surface area contributed by atoms with E-state index in [2.05, 4.69) is 0 Å². The smallest absolute Gasteiger partial charge is 0.295 e. The van der Waals surface area contributed by atoms with Crippen molar-refractivity contribution in [1.82, 2.24) is 4.90 Å². The lowest BCUT2D eigenvalue weighted by Crippen LogP contribution is -2.30. The van der Waals surface area contributed by atoms with Crippen LogP contribution in [-0.4, -0.2) is 35.4 Å². The Bertz CT molecular complexity index is 987. The number of benzene rings is 2. The predicted octanol–water partition coefficient (Wildman–Crippen LogP) is 5.10. The van der Waals surface area contributed by atoms with E-state index >= 15 is 0 Å². The number of aliphatic hydroxyl groups is 1. The zero-order valence-electron chi connectivity index (χ0n) is 16.8. The first kappa shape index (κ1) is 21.8. The van der Waals surface area contributed by atoms with Crippen LogP contribution in [0.1, 0.15) is 43.4 Å². The van der Waals surface area contributed by atoms with Crippen molar-refractivity contribution in [2.45, 2.75) is 32.2 Å². The third-order valence-corrected chi connectivity index (χ3v) is 5.40. The molecule has 1 N–H and O–H groups in total. The number of unbranched alkanes of at least 4 members (excludes halogenated alkanes) is 2. The zero-order chi connectivity index (χ0) is 21.8. The number of ether oxygens (including phenoxy) is 1. The number of amides is 1. The molecule has 1 fully saturated rings. The van der Waals surface area contributed by atoms with Crippen molar-refractivity contribution >= 4 is 29.1 Å². The molecule has 3 rings (SSSR count). The first-order chi connectivity index (χ1) is 14.4. The van der Waals surface area contributed by atoms with Crippen LogP contribution in [0, 0.1) is 5.82 Å². The molecule has 0 aromatic heterocycles. The molecule has 1 heterocycles. The van der Waals surface area contributed by atoms with Crippen molar-refractivity contribution in [2.24, 2.45) is 0 Å². The Balaban J connectivity index is 2.18. The minimum Gasteiger partial charge on any atom is -0.507 e. The molecule has 0 saturated carbocycles. The van der Waals surface area contributed by atoms with Crippen molar-refractivity contribution in [3.63, 3.8) is 0 Å². The SMILES string of the molecule is CCCCCN1C(=O)C(=O)/C(=C(/O)c2cc(F)ccc2OC)C1c1ccc(Cl)cc1. The monoisotopic (exact) mass is 431 g/mol. The number of carbonyl (C=O) groups is 2. The summed E-state index contributed by atoms with van der Waals surface area (Å²) in [5.41, 5.74) is 0.553. The van der Waals surface area contributed by atoms with Gasteiger partial charge in [0, 0.05) is 11.6 Å². The summed E-state index contributed by atoms with van der Waals surface area (Å²) in [6, 6.07) is 9.57. The molecule has 0 spiro atoms. The molecule has 30 heavy (non-hydrogen) atoms. The third-order valence-electron chi connectivity index (χ3n) is 5.14. The van der Waals surface area contributed by atoms with Crippen LogP contribution in [0.25, 0.3) is 5.76 Å². The number of methoxy groups -OCH3 is 1. The van der Waals surface area contributed by atoms with Gasteiger partial charge in [-0.1, -0.05) is 43.5 Å². The van der Waals surface area contributed by atoms with Gasteiger partial charge in [0.05, 0.1) is 24.3 Å². The molecule has 158 valence electrons. The highest BCUT2D eigenvalue weighted by Crippen LogP contribution is 2.41. The number of ketones is 1. The van der Waals surface area contributed by atoms with Gasteiger partial charge in [-0.2, -0.15) is 0 Å². The summed E-state index contributed by atoms with van der Waals surface area (Å²) in [4.78, 5) is 27.2. The highest BCUT2D eigenvalue weighted by molar-refractivity contribution is 6.46. The van der Waals surface area contributed by atoms with Crippen molar-refractivity contribution in [1.29, 1.82) is 0 Å². The summed E-state index contributed by atoms with van der Waals surface area (Å²) in [6.45, 7) is 2.41. The highest BCUT2D eigenvalue weighted by Gasteiger charge is 2.46. The molecule has 2 aromatic carbocycles. The van der Waals surface area contributed by atoms with Gasteiger partial charge in [0.15, 0.2) is 0 Å². The lowest BCUT2D eigenvalue weighted by atomic mass is 9.95. The fraction of sp³-hybridized carbons (Fsp3) is 0.304. The van der Waals surface area contributed by atoms with Crippen LogP contribution in [0.2, 0.25) is 5.02 Å². The minimum atomic E-state index is -0.810. The Morgan fingerprint density at radius 2 is 1.87 bits per heavy atom. The van der Waals surface area contributed by atoms with Gasteiger partial charge in [-0.05, 0) is 42.3 Å². The number of rotatable bonds is 7. The average Bonchev–Trinajstić information content (AvgIpc) is 2.99. The van der Waals surface area contributed by atoms with Crippen LogP contribution in [0.3, 0.4) is 0 Å². The van der Waals surface area contributed by atoms with Crippen molar-refractivity contribution in [3.05, 3.63) is 70.0 Å². The third kappa shape index (κ3) is 4.19. The molecule has 0 aliphatic carbocycles. The van der Waals surface area contributed by atoms with E-state index < -0.39 is 29.3 Å². The number of nitrogens with zero attached hydrogens (tertiary/aromatic N) is 1. The van der Waals surface area contributed by atoms with Crippen LogP contribution in [-0.2, 0) is 9.59 Å². The van der Waals surface area contributed by atoms with Gasteiger partial charge in [-0.3, -0.25) is 9.59 Å². The van der Waals surface area contributed by atoms with Crippen molar-refractivity contribution < 1.29 is 23.8 Å². The largest absolute Gasteiger partial charge is 0.507 e. The lowest BCUT2D eigenvalue weighted by molar-refractivity contribution is -0.139. The van der Waals surface area contributed by atoms with Gasteiger partial charge < -0.3 is 14.7 Å². The molecule has 1 amide bonds. The Labute approximate surface area is 179 Å². The molecule has 2 aromatic rings. The maximum Gasteiger partial charge on any atom is 0.295 e. The molecule has 5 nitrogen and oxygen atoms in total. The van der Waals surface area contributed by atoms with Gasteiger partial charge in [0.1, 0.15) is 17.3 Å². The molecule has 1 atom stereocenters. The van der Waals surface area contributed by atoms with E-state index in [0.29, 0.717) is 17.1 Å². The van der Waals surface area contributed by atoms with Crippen LogP contribution in [0.5, 0.6) is 5.75 Å². The number of Topliss-reactive ketones (excluding diaryl/α,β-unsaturated/α-hetero) is 1. The number of hydrogen-bond donors (Lipinski definition) is 1. The van der Waals surface area contributed by atoms with Crippen LogP contribution >= 0.6 is 11.6 Å². The van der Waals surface area contributed by atoms with Crippen molar-refractivity contribution in [2.75, 3.05) is 13.7 Å². The van der Waals surface area contributed by atoms with E-state index in [1.54, 1.807) is 24.3 Å². The summed E-state index contributed by atoms with van der Waals surface area (Å²) in [7, 11) is 1.38. The maximum absolute atomic E-state index is 13.9. The van der Waals surface area contributed by atoms with Crippen LogP contribution in [0.15, 0.2) is 48.0 Å². The van der Waals surface area contributed by atoms with Gasteiger partial charge >= 0.3 is 0 Å². The summed E-state index contributed by atoms with van der Waals surface area (Å²) < 4.78 is 19.1. The second-order valence-corrected chi connectivity index (χ2v) is 7.53. The quantitative estimate of drug-likeness (QED) is 0.286. The average molecular weight is 432 g/mol. The zero-order valence-corrected chi connectivity index (χ0v) is 17.6. The van der Waals surface area contributed by atoms with Crippen molar-refractivity contribution in [3.8, 4) is 5.75 Å². The van der Waals surface area contributed by atoms with Crippen LogP contribution < -0.4 is 4.74 Å². The number of hydrogen-bond acceptors (Lipinski definition) is 4. The summed E-state index contributed by atoms with van der Waals surface area (Å²) in [6.07, 6.45) is 2.57. The summed E-state index contributed by atoms with van der Waals surface area (Å²) in [5.74, 6) is -2.38. The molecule has 7 heteroatoms. The predicted molar refractivity (Wildman–Crippen MR) is 113 cm³/mol. The minimum absolute atomic E-state index is 0.0167. The number of aliphatic hydroxyl groups excluding tert-OH is 1. The van der Waals surface area contributed by atoms with Crippen LogP contribution in [0.4, 0.5) is 4.39 Å². The Kier molecular flexibility index (Phi) is 6.77.